The number of hydrogen-bond acceptors (Lipinski definition) is 3. The fourth-order valence-electron chi connectivity index (χ4n) is 0.681. The van der Waals surface area contributed by atoms with Gasteiger partial charge in [-0.2, -0.15) is 0 Å². The minimum Gasteiger partial charge on any atom is -0.481 e. The highest BCUT2D eigenvalue weighted by molar-refractivity contribution is 8.00. The minimum absolute atomic E-state index is 0.0669. The van der Waals surface area contributed by atoms with Crippen molar-refractivity contribution >= 4 is 23.6 Å². The molecule has 0 heterocycles. The van der Waals surface area contributed by atoms with E-state index in [1.54, 1.807) is 6.92 Å². The lowest BCUT2D eigenvalue weighted by Gasteiger charge is -2.09. The molecule has 0 aliphatic rings. The molecule has 14 heavy (non-hydrogen) atoms. The number of terminal acetylenes is 1. The fraction of sp³-hybridized carbons (Fsp3) is 0.556. The van der Waals surface area contributed by atoms with E-state index >= 15 is 0 Å². The predicted octanol–water partition coefficient (Wildman–Crippen LogP) is 0.332. The van der Waals surface area contributed by atoms with Gasteiger partial charge in [0.2, 0.25) is 5.91 Å². The predicted molar refractivity (Wildman–Crippen MR) is 56.0 cm³/mol. The smallest absolute Gasteiger partial charge is 0.304 e. The van der Waals surface area contributed by atoms with Crippen LogP contribution in [-0.2, 0) is 9.59 Å². The van der Waals surface area contributed by atoms with Crippen LogP contribution in [0.2, 0.25) is 0 Å². The number of rotatable bonds is 6. The zero-order chi connectivity index (χ0) is 11.0. The van der Waals surface area contributed by atoms with Crippen LogP contribution in [0.15, 0.2) is 0 Å². The van der Waals surface area contributed by atoms with E-state index < -0.39 is 5.97 Å². The third kappa shape index (κ3) is 6.38. The van der Waals surface area contributed by atoms with Crippen LogP contribution >= 0.6 is 11.8 Å². The Hall–Kier alpha value is -1.15. The van der Waals surface area contributed by atoms with Crippen LogP contribution in [0.1, 0.15) is 13.3 Å². The Morgan fingerprint density at radius 1 is 1.64 bits per heavy atom. The lowest BCUT2D eigenvalue weighted by molar-refractivity contribution is -0.136. The summed E-state index contributed by atoms with van der Waals surface area (Å²) in [5.41, 5.74) is 0. The van der Waals surface area contributed by atoms with Crippen molar-refractivity contribution in [3.05, 3.63) is 0 Å². The molecule has 0 saturated carbocycles. The van der Waals surface area contributed by atoms with Gasteiger partial charge in [-0.25, -0.2) is 0 Å². The lowest BCUT2D eigenvalue weighted by Crippen LogP contribution is -2.31. The lowest BCUT2D eigenvalue weighted by atomic mass is 10.4. The molecule has 0 aromatic carbocycles. The first-order chi connectivity index (χ1) is 6.57. The molecule has 0 aromatic rings. The molecule has 0 rings (SSSR count). The molecule has 0 bridgehead atoms. The van der Waals surface area contributed by atoms with Crippen molar-refractivity contribution in [3.8, 4) is 12.3 Å². The molecule has 0 radical (unpaired) electrons. The Balaban J connectivity index is 3.63. The molecule has 5 heteroatoms. The van der Waals surface area contributed by atoms with Crippen molar-refractivity contribution < 1.29 is 14.7 Å². The summed E-state index contributed by atoms with van der Waals surface area (Å²) < 4.78 is 0. The molecule has 0 saturated heterocycles. The Kier molecular flexibility index (Phi) is 6.68. The van der Waals surface area contributed by atoms with E-state index in [1.807, 2.05) is 0 Å². The van der Waals surface area contributed by atoms with Gasteiger partial charge in [-0.15, -0.1) is 18.2 Å². The monoisotopic (exact) mass is 215 g/mol. The Bertz CT molecular complexity index is 247. The van der Waals surface area contributed by atoms with E-state index in [0.717, 1.165) is 0 Å². The number of carbonyl (C=O) groups excluding carboxylic acids is 1. The van der Waals surface area contributed by atoms with Gasteiger partial charge in [0.05, 0.1) is 18.2 Å². The molecule has 0 aliphatic heterocycles. The number of hydrogen-bond donors (Lipinski definition) is 2. The van der Waals surface area contributed by atoms with Crippen LogP contribution in [0.4, 0.5) is 0 Å². The van der Waals surface area contributed by atoms with E-state index in [9.17, 15) is 9.59 Å². The Labute approximate surface area is 87.4 Å². The van der Waals surface area contributed by atoms with E-state index in [0.29, 0.717) is 5.75 Å². The molecule has 1 amide bonds. The maximum absolute atomic E-state index is 11.2. The van der Waals surface area contributed by atoms with Crippen molar-refractivity contribution in [2.75, 3.05) is 12.3 Å². The quantitative estimate of drug-likeness (QED) is 0.627. The second-order valence-corrected chi connectivity index (χ2v) is 4.03. The van der Waals surface area contributed by atoms with Crippen LogP contribution in [0.3, 0.4) is 0 Å². The van der Waals surface area contributed by atoms with Gasteiger partial charge in [0.25, 0.3) is 0 Å². The van der Waals surface area contributed by atoms with E-state index in [4.69, 9.17) is 11.5 Å². The zero-order valence-electron chi connectivity index (χ0n) is 7.95. The van der Waals surface area contributed by atoms with E-state index in [-0.39, 0.29) is 24.1 Å². The summed E-state index contributed by atoms with van der Waals surface area (Å²) in [5.74, 6) is 1.72. The molecule has 1 unspecified atom stereocenters. The normalized spacial score (nSPS) is 11.4. The maximum Gasteiger partial charge on any atom is 0.304 e. The summed E-state index contributed by atoms with van der Waals surface area (Å²) in [7, 11) is 0. The second-order valence-electron chi connectivity index (χ2n) is 2.58. The summed E-state index contributed by atoms with van der Waals surface area (Å²) in [6.07, 6.45) is 5.03. The van der Waals surface area contributed by atoms with Crippen molar-refractivity contribution in [1.29, 1.82) is 0 Å². The third-order valence-electron chi connectivity index (χ3n) is 1.42. The molecule has 4 nitrogen and oxygen atoms in total. The highest BCUT2D eigenvalue weighted by Gasteiger charge is 2.12. The van der Waals surface area contributed by atoms with Gasteiger partial charge < -0.3 is 10.4 Å². The molecular formula is C9H13NO3S. The fourth-order valence-corrected chi connectivity index (χ4v) is 1.56. The van der Waals surface area contributed by atoms with Crippen LogP contribution in [-0.4, -0.2) is 34.5 Å². The molecule has 2 N–H and O–H groups in total. The largest absolute Gasteiger partial charge is 0.481 e. The number of carboxylic acid groups (broad SMARTS) is 1. The molecule has 0 aromatic heterocycles. The highest BCUT2D eigenvalue weighted by Crippen LogP contribution is 2.11. The minimum atomic E-state index is -0.853. The number of carboxylic acids is 1. The maximum atomic E-state index is 11.2. The average Bonchev–Trinajstić information content (AvgIpc) is 2.13. The van der Waals surface area contributed by atoms with E-state index in [1.165, 1.54) is 11.8 Å². The Morgan fingerprint density at radius 3 is 2.79 bits per heavy atom. The summed E-state index contributed by atoms with van der Waals surface area (Å²) in [6, 6.07) is 0. The molecular weight excluding hydrogens is 202 g/mol. The number of amides is 1. The first-order valence-electron chi connectivity index (χ1n) is 4.12. The second kappa shape index (κ2) is 7.27. The average molecular weight is 215 g/mol. The van der Waals surface area contributed by atoms with Crippen molar-refractivity contribution in [2.45, 2.75) is 18.6 Å². The topological polar surface area (TPSA) is 66.4 Å². The Morgan fingerprint density at radius 2 is 2.29 bits per heavy atom. The molecule has 78 valence electrons. The van der Waals surface area contributed by atoms with Gasteiger partial charge in [0.1, 0.15) is 0 Å². The van der Waals surface area contributed by atoms with Gasteiger partial charge in [-0.1, -0.05) is 5.92 Å². The van der Waals surface area contributed by atoms with Gasteiger partial charge >= 0.3 is 5.97 Å². The zero-order valence-corrected chi connectivity index (χ0v) is 8.76. The number of carbonyl (C=O) groups is 2. The SMILES string of the molecule is C#CCNC(=O)C(C)SCCC(=O)O. The van der Waals surface area contributed by atoms with Crippen molar-refractivity contribution in [1.82, 2.24) is 5.32 Å². The standard InChI is InChI=1S/C9H13NO3S/c1-3-5-10-9(13)7(2)14-6-4-8(11)12/h1,7H,4-6H2,2H3,(H,10,13)(H,11,12). The first-order valence-corrected chi connectivity index (χ1v) is 5.17. The molecule has 0 spiro atoms. The number of aliphatic carboxylic acids is 1. The number of thioether (sulfide) groups is 1. The van der Waals surface area contributed by atoms with Crippen molar-refractivity contribution in [3.63, 3.8) is 0 Å². The van der Waals surface area contributed by atoms with Gasteiger partial charge in [-0.05, 0) is 6.92 Å². The van der Waals surface area contributed by atoms with Gasteiger partial charge in [0, 0.05) is 5.75 Å². The third-order valence-corrected chi connectivity index (χ3v) is 2.57. The summed E-state index contributed by atoms with van der Waals surface area (Å²) >= 11 is 1.30. The van der Waals surface area contributed by atoms with Crippen LogP contribution < -0.4 is 5.32 Å². The molecule has 0 aliphatic carbocycles. The number of nitrogens with one attached hydrogen (secondary N) is 1. The summed E-state index contributed by atoms with van der Waals surface area (Å²) in [5, 5.41) is 10.6. The van der Waals surface area contributed by atoms with Crippen LogP contribution in [0.25, 0.3) is 0 Å². The van der Waals surface area contributed by atoms with Gasteiger partial charge in [-0.3, -0.25) is 9.59 Å². The van der Waals surface area contributed by atoms with Crippen molar-refractivity contribution in [2.24, 2.45) is 0 Å². The first kappa shape index (κ1) is 12.8. The highest BCUT2D eigenvalue weighted by atomic mass is 32.2. The van der Waals surface area contributed by atoms with Gasteiger partial charge in [0.15, 0.2) is 0 Å². The van der Waals surface area contributed by atoms with Crippen LogP contribution in [0, 0.1) is 12.3 Å². The van der Waals surface area contributed by atoms with E-state index in [2.05, 4.69) is 11.2 Å². The summed E-state index contributed by atoms with van der Waals surface area (Å²) in [6.45, 7) is 1.93. The molecule has 1 atom stereocenters. The van der Waals surface area contributed by atoms with Crippen LogP contribution in [0.5, 0.6) is 0 Å². The summed E-state index contributed by atoms with van der Waals surface area (Å²) in [4.78, 5) is 21.4. The molecule has 0 fully saturated rings.